The Balaban J connectivity index is 1.84. The van der Waals surface area contributed by atoms with E-state index in [-0.39, 0.29) is 42.3 Å². The van der Waals surface area contributed by atoms with Crippen molar-refractivity contribution in [1.82, 2.24) is 9.29 Å². The fraction of sp³-hybridized carbons (Fsp3) is 0.579. The van der Waals surface area contributed by atoms with Crippen LogP contribution in [0.3, 0.4) is 0 Å². The van der Waals surface area contributed by atoms with Gasteiger partial charge in [-0.25, -0.2) is 12.4 Å². The smallest absolute Gasteiger partial charge is 0.325 e. The summed E-state index contributed by atoms with van der Waals surface area (Å²) in [4.78, 5) is 24.0. The van der Waals surface area contributed by atoms with E-state index in [1.807, 2.05) is 64.2 Å². The first kappa shape index (κ1) is 22.6. The number of hydrogen-bond donors (Lipinski definition) is 1. The van der Waals surface area contributed by atoms with Crippen LogP contribution in [0, 0.1) is 0 Å². The lowest BCUT2D eigenvalue weighted by molar-refractivity contribution is -0.145. The highest BCUT2D eigenvalue weighted by Gasteiger charge is 2.56. The second kappa shape index (κ2) is 8.34. The first-order chi connectivity index (χ1) is 12.8. The SMILES string of the molecule is CC(C)(C)[Si](C)(C)N1C(CC(=O)NCC(=O)OCc2ccccc2)CS1(=O)=O. The molecule has 1 aromatic carbocycles. The molecule has 1 unspecified atom stereocenters. The second-order valence-corrected chi connectivity index (χ2v) is 16.0. The number of sulfonamides is 1. The van der Waals surface area contributed by atoms with Crippen molar-refractivity contribution in [1.29, 1.82) is 0 Å². The molecule has 1 fully saturated rings. The quantitative estimate of drug-likeness (QED) is 0.533. The minimum atomic E-state index is -3.30. The molecule has 0 spiro atoms. The minimum Gasteiger partial charge on any atom is -0.460 e. The van der Waals surface area contributed by atoms with Crippen LogP contribution in [0.5, 0.6) is 0 Å². The van der Waals surface area contributed by atoms with Crippen LogP contribution in [-0.4, -0.2) is 50.8 Å². The van der Waals surface area contributed by atoms with Gasteiger partial charge in [-0.3, -0.25) is 9.59 Å². The number of carbonyl (C=O) groups is 2. The number of carbonyl (C=O) groups excluding carboxylic acids is 2. The maximum atomic E-state index is 12.3. The van der Waals surface area contributed by atoms with Crippen LogP contribution in [0.25, 0.3) is 0 Å². The molecule has 0 aliphatic carbocycles. The summed E-state index contributed by atoms with van der Waals surface area (Å²) in [6.45, 7) is 10.0. The first-order valence-electron chi connectivity index (χ1n) is 9.33. The van der Waals surface area contributed by atoms with Gasteiger partial charge in [0, 0.05) is 12.5 Å². The third-order valence-electron chi connectivity index (χ3n) is 5.51. The normalized spacial score (nSPS) is 19.5. The van der Waals surface area contributed by atoms with Crippen LogP contribution in [0.15, 0.2) is 30.3 Å². The molecule has 0 saturated carbocycles. The van der Waals surface area contributed by atoms with E-state index >= 15 is 0 Å². The first-order valence-corrected chi connectivity index (χ1v) is 13.9. The number of ether oxygens (including phenoxy) is 1. The standard InChI is InChI=1S/C19H30N2O5SSi/c1-19(2,3)28(4,5)21-16(14-27(21,24)25)11-17(22)20-12-18(23)26-13-15-9-7-6-8-10-15/h6-10,16H,11-14H2,1-5H3,(H,20,22). The van der Waals surface area contributed by atoms with Gasteiger partial charge < -0.3 is 10.1 Å². The van der Waals surface area contributed by atoms with E-state index in [0.717, 1.165) is 5.56 Å². The Morgan fingerprint density at radius 1 is 1.21 bits per heavy atom. The highest BCUT2D eigenvalue weighted by Crippen LogP contribution is 2.44. The Hall–Kier alpha value is -1.71. The summed E-state index contributed by atoms with van der Waals surface area (Å²) in [6, 6.07) is 8.93. The Kier molecular flexibility index (Phi) is 6.72. The third kappa shape index (κ3) is 5.21. The summed E-state index contributed by atoms with van der Waals surface area (Å²) < 4.78 is 31.4. The molecule has 1 atom stereocenters. The number of nitrogens with one attached hydrogen (secondary N) is 1. The van der Waals surface area contributed by atoms with E-state index in [1.165, 1.54) is 0 Å². The summed E-state index contributed by atoms with van der Waals surface area (Å²) in [7, 11) is -5.61. The Labute approximate surface area is 168 Å². The van der Waals surface area contributed by atoms with Gasteiger partial charge in [-0.1, -0.05) is 64.2 Å². The molecule has 1 aromatic rings. The summed E-state index contributed by atoms with van der Waals surface area (Å²) in [5.74, 6) is -0.897. The summed E-state index contributed by atoms with van der Waals surface area (Å²) >= 11 is 0. The van der Waals surface area contributed by atoms with Gasteiger partial charge >= 0.3 is 5.97 Å². The van der Waals surface area contributed by atoms with Crippen LogP contribution >= 0.6 is 0 Å². The molecule has 0 bridgehead atoms. The minimum absolute atomic E-state index is 0.0224. The van der Waals surface area contributed by atoms with Crippen LogP contribution in [-0.2, 0) is 31.0 Å². The molecule has 2 rings (SSSR count). The van der Waals surface area contributed by atoms with E-state index in [2.05, 4.69) is 5.32 Å². The molecule has 1 heterocycles. The monoisotopic (exact) mass is 426 g/mol. The zero-order chi connectivity index (χ0) is 21.2. The molecular formula is C19H30N2O5SSi. The number of nitrogens with zero attached hydrogens (tertiary/aromatic N) is 1. The zero-order valence-corrected chi connectivity index (χ0v) is 19.0. The third-order valence-corrected chi connectivity index (χ3v) is 14.6. The van der Waals surface area contributed by atoms with Gasteiger partial charge in [-0.05, 0) is 10.6 Å². The Morgan fingerprint density at radius 2 is 1.82 bits per heavy atom. The fourth-order valence-corrected chi connectivity index (χ4v) is 10.0. The molecule has 1 aliphatic rings. The maximum Gasteiger partial charge on any atom is 0.325 e. The van der Waals surface area contributed by atoms with Crippen LogP contribution in [0.2, 0.25) is 18.1 Å². The van der Waals surface area contributed by atoms with Crippen LogP contribution < -0.4 is 5.32 Å². The molecular weight excluding hydrogens is 396 g/mol. The fourth-order valence-electron chi connectivity index (χ4n) is 3.06. The molecule has 1 aliphatic heterocycles. The van der Waals surface area contributed by atoms with E-state index in [0.29, 0.717) is 0 Å². The summed E-state index contributed by atoms with van der Waals surface area (Å²) in [6.07, 6.45) is 0.0533. The molecule has 1 N–H and O–H groups in total. The van der Waals surface area contributed by atoms with Crippen molar-refractivity contribution >= 4 is 30.1 Å². The van der Waals surface area contributed by atoms with E-state index in [9.17, 15) is 18.0 Å². The predicted octanol–water partition coefficient (Wildman–Crippen LogP) is 2.26. The summed E-state index contributed by atoms with van der Waals surface area (Å²) in [5, 5.41) is 2.38. The number of rotatable bonds is 7. The number of benzene rings is 1. The number of hydrogen-bond acceptors (Lipinski definition) is 5. The van der Waals surface area contributed by atoms with Gasteiger partial charge in [0.15, 0.2) is 0 Å². The average molecular weight is 427 g/mol. The van der Waals surface area contributed by atoms with Crippen molar-refractivity contribution in [2.24, 2.45) is 0 Å². The molecule has 1 saturated heterocycles. The molecule has 156 valence electrons. The Morgan fingerprint density at radius 3 is 2.36 bits per heavy atom. The number of amides is 1. The van der Waals surface area contributed by atoms with Crippen molar-refractivity contribution in [2.75, 3.05) is 12.3 Å². The van der Waals surface area contributed by atoms with E-state index in [1.54, 1.807) is 3.97 Å². The van der Waals surface area contributed by atoms with Gasteiger partial charge in [0.25, 0.3) is 0 Å². The van der Waals surface area contributed by atoms with Crippen LogP contribution in [0.4, 0.5) is 0 Å². The average Bonchev–Trinajstić information content (AvgIpc) is 2.56. The van der Waals surface area contributed by atoms with E-state index < -0.39 is 24.2 Å². The van der Waals surface area contributed by atoms with Gasteiger partial charge in [0.2, 0.25) is 15.9 Å². The lowest BCUT2D eigenvalue weighted by atomic mass is 10.2. The Bertz CT molecular complexity index is 818. The lowest BCUT2D eigenvalue weighted by Crippen LogP contribution is -2.70. The van der Waals surface area contributed by atoms with Crippen LogP contribution in [0.1, 0.15) is 32.8 Å². The molecule has 1 amide bonds. The highest BCUT2D eigenvalue weighted by molar-refractivity contribution is 7.92. The largest absolute Gasteiger partial charge is 0.460 e. The van der Waals surface area contributed by atoms with Gasteiger partial charge in [-0.15, -0.1) is 0 Å². The van der Waals surface area contributed by atoms with Crippen molar-refractivity contribution in [3.63, 3.8) is 0 Å². The molecule has 0 aromatic heterocycles. The van der Waals surface area contributed by atoms with Gasteiger partial charge in [0.1, 0.15) is 21.4 Å². The summed E-state index contributed by atoms with van der Waals surface area (Å²) in [5.41, 5.74) is 0.867. The van der Waals surface area contributed by atoms with Crippen molar-refractivity contribution < 1.29 is 22.7 Å². The molecule has 9 heteroatoms. The zero-order valence-electron chi connectivity index (χ0n) is 17.2. The molecule has 28 heavy (non-hydrogen) atoms. The van der Waals surface area contributed by atoms with Crippen molar-refractivity contribution in [2.45, 2.75) is 58.0 Å². The second-order valence-electron chi connectivity index (χ2n) is 8.66. The predicted molar refractivity (Wildman–Crippen MR) is 110 cm³/mol. The van der Waals surface area contributed by atoms with Crippen molar-refractivity contribution in [3.05, 3.63) is 35.9 Å². The highest BCUT2D eigenvalue weighted by atomic mass is 32.2. The number of esters is 1. The maximum absolute atomic E-state index is 12.3. The van der Waals surface area contributed by atoms with Gasteiger partial charge in [0.05, 0.1) is 5.75 Å². The van der Waals surface area contributed by atoms with E-state index in [4.69, 9.17) is 4.74 Å². The molecule has 7 nitrogen and oxygen atoms in total. The van der Waals surface area contributed by atoms with Crippen molar-refractivity contribution in [3.8, 4) is 0 Å². The topological polar surface area (TPSA) is 92.8 Å². The molecule has 0 radical (unpaired) electrons. The van der Waals surface area contributed by atoms with Gasteiger partial charge in [-0.2, -0.15) is 0 Å². The lowest BCUT2D eigenvalue weighted by Gasteiger charge is -2.53.